The molecular formula is H9Al2K2NaZn3. The molecule has 0 aliphatic carbocycles. The molecule has 0 rings (SSSR count). The summed E-state index contributed by atoms with van der Waals surface area (Å²) in [5.74, 6) is 0. The first-order valence-corrected chi connectivity index (χ1v) is 0. The van der Waals surface area contributed by atoms with Gasteiger partial charge in [-0.3, -0.25) is 0 Å². The molecule has 0 aromatic rings. The Morgan fingerprint density at radius 2 is 0.500 bits per heavy atom. The third-order valence-electron chi connectivity index (χ3n) is 0. The van der Waals surface area contributed by atoms with Crippen molar-refractivity contribution in [2.75, 3.05) is 0 Å². The molecule has 8 heavy (non-hydrogen) atoms. The molecule has 8 heteroatoms. The fourth-order valence-electron chi connectivity index (χ4n) is 0. The van der Waals surface area contributed by atoms with Crippen molar-refractivity contribution in [2.24, 2.45) is 0 Å². The maximum atomic E-state index is 0. The fourth-order valence-corrected chi connectivity index (χ4v) is 0. The van der Waals surface area contributed by atoms with E-state index in [0.29, 0.717) is 0 Å². The van der Waals surface area contributed by atoms with E-state index in [-0.39, 0.29) is 225 Å². The molecule has 0 fully saturated rings. The van der Waals surface area contributed by atoms with Gasteiger partial charge in [0.15, 0.2) is 34.7 Å². The van der Waals surface area contributed by atoms with Gasteiger partial charge in [0.05, 0.1) is 0 Å². The van der Waals surface area contributed by atoms with Gasteiger partial charge in [-0.05, 0) is 0 Å². The van der Waals surface area contributed by atoms with Gasteiger partial charge in [-0.25, -0.2) is 0 Å². The van der Waals surface area contributed by atoms with Gasteiger partial charge in [0.2, 0.25) is 0 Å². The Bertz CT molecular complexity index is 15.2. The molecular weight excluding hydrogens is 351 g/mol. The van der Waals surface area contributed by atoms with Gasteiger partial charge < -0.3 is 0 Å². The summed E-state index contributed by atoms with van der Waals surface area (Å²) in [5.41, 5.74) is 0. The predicted molar refractivity (Wildman–Crippen MR) is 41.3 cm³/mol. The summed E-state index contributed by atoms with van der Waals surface area (Å²) in [4.78, 5) is 0. The number of rotatable bonds is 0. The zero-order valence-electron chi connectivity index (χ0n) is 2.12. The quantitative estimate of drug-likeness (QED) is 0.384. The van der Waals surface area contributed by atoms with Crippen molar-refractivity contribution in [1.29, 1.82) is 0 Å². The minimum Gasteiger partial charge on any atom is 0 e. The molecule has 0 atom stereocenters. The Morgan fingerprint density at radius 3 is 0.500 bits per heavy atom. The molecule has 0 saturated heterocycles. The monoisotopic (exact) mass is 356 g/mol. The Balaban J connectivity index is 0. The first-order chi connectivity index (χ1) is 0. The van der Waals surface area contributed by atoms with Crippen LogP contribution in [-0.2, 0) is 58.4 Å². The van der Waals surface area contributed by atoms with E-state index in [1.165, 1.54) is 0 Å². The van der Waals surface area contributed by atoms with Crippen LogP contribution in [0.15, 0.2) is 0 Å². The van der Waals surface area contributed by atoms with Crippen molar-refractivity contribution >= 4 is 167 Å². The molecule has 0 aliphatic heterocycles. The molecule has 0 spiro atoms. The molecule has 0 unspecified atom stereocenters. The summed E-state index contributed by atoms with van der Waals surface area (Å²) >= 11 is 0. The van der Waals surface area contributed by atoms with Crippen LogP contribution in [-0.4, -0.2) is 167 Å². The number of hydrogen-bond acceptors (Lipinski definition) is 0. The SMILES string of the molecule is [AlH3].[AlH3].[KH].[KH].[NaH].[Zn].[Zn].[Zn]. The summed E-state index contributed by atoms with van der Waals surface area (Å²) in [6, 6.07) is 0. The number of hydrogen-bond donors (Lipinski definition) is 0. The van der Waals surface area contributed by atoms with E-state index in [9.17, 15) is 0 Å². The van der Waals surface area contributed by atoms with Crippen molar-refractivity contribution < 1.29 is 58.4 Å². The average Bonchev–Trinajstić information content (AvgIpc) is 0. The van der Waals surface area contributed by atoms with E-state index in [1.54, 1.807) is 0 Å². The van der Waals surface area contributed by atoms with Crippen LogP contribution < -0.4 is 0 Å². The molecule has 0 heterocycles. The first kappa shape index (κ1) is 59.1. The van der Waals surface area contributed by atoms with E-state index in [4.69, 9.17) is 0 Å². The summed E-state index contributed by atoms with van der Waals surface area (Å²) in [6.45, 7) is 0. The van der Waals surface area contributed by atoms with Gasteiger partial charge in [0.25, 0.3) is 0 Å². The smallest absolute Gasteiger partial charge is 0 e. The first-order valence-electron chi connectivity index (χ1n) is 0. The van der Waals surface area contributed by atoms with Gasteiger partial charge in [-0.2, -0.15) is 0 Å². The molecule has 0 saturated carbocycles. The van der Waals surface area contributed by atoms with Crippen molar-refractivity contribution in [2.45, 2.75) is 0 Å². The van der Waals surface area contributed by atoms with Crippen LogP contribution in [0, 0.1) is 0 Å². The molecule has 0 aliphatic rings. The Labute approximate surface area is 218 Å². The summed E-state index contributed by atoms with van der Waals surface area (Å²) in [7, 11) is 0. The van der Waals surface area contributed by atoms with Gasteiger partial charge in [-0.15, -0.1) is 0 Å². The minimum absolute atomic E-state index is 0. The summed E-state index contributed by atoms with van der Waals surface area (Å²) < 4.78 is 0. The van der Waals surface area contributed by atoms with Crippen LogP contribution in [0.4, 0.5) is 0 Å². The van der Waals surface area contributed by atoms with Crippen molar-refractivity contribution in [3.8, 4) is 0 Å². The fraction of sp³-hybridized carbons (Fsp3) is 0. The second-order valence-corrected chi connectivity index (χ2v) is 0. The molecule has 0 aromatic heterocycles. The second-order valence-electron chi connectivity index (χ2n) is 0. The topological polar surface area (TPSA) is 0 Å². The van der Waals surface area contributed by atoms with E-state index in [2.05, 4.69) is 0 Å². The summed E-state index contributed by atoms with van der Waals surface area (Å²) in [5, 5.41) is 0. The summed E-state index contributed by atoms with van der Waals surface area (Å²) in [6.07, 6.45) is 0. The predicted octanol–water partition coefficient (Wildman–Crippen LogP) is -4.32. The third kappa shape index (κ3) is 37.9. The zero-order chi connectivity index (χ0) is 0. The Kier molecular flexibility index (Phi) is 352. The molecule has 0 nitrogen and oxygen atoms in total. The normalized spacial score (nSPS) is 0. The van der Waals surface area contributed by atoms with E-state index in [0.717, 1.165) is 0 Å². The maximum Gasteiger partial charge on any atom is 0 e. The maximum absolute atomic E-state index is 0. The van der Waals surface area contributed by atoms with Crippen LogP contribution in [0.1, 0.15) is 0 Å². The van der Waals surface area contributed by atoms with E-state index in [1.807, 2.05) is 0 Å². The van der Waals surface area contributed by atoms with Crippen LogP contribution in [0.5, 0.6) is 0 Å². The van der Waals surface area contributed by atoms with Gasteiger partial charge in [-0.1, -0.05) is 0 Å². The van der Waals surface area contributed by atoms with E-state index < -0.39 is 0 Å². The Hall–Kier alpha value is 7.21. The molecule has 24 valence electrons. The van der Waals surface area contributed by atoms with E-state index >= 15 is 0 Å². The van der Waals surface area contributed by atoms with Crippen LogP contribution in [0.3, 0.4) is 0 Å². The molecule has 0 amide bonds. The van der Waals surface area contributed by atoms with Crippen LogP contribution in [0.25, 0.3) is 0 Å². The largest absolute Gasteiger partial charge is 0 e. The molecule has 0 N–H and O–H groups in total. The van der Waals surface area contributed by atoms with Crippen molar-refractivity contribution in [3.63, 3.8) is 0 Å². The minimum atomic E-state index is 0. The molecule has 0 bridgehead atoms. The van der Waals surface area contributed by atoms with Crippen molar-refractivity contribution in [1.82, 2.24) is 0 Å². The van der Waals surface area contributed by atoms with Crippen molar-refractivity contribution in [3.05, 3.63) is 0 Å². The second kappa shape index (κ2) is 47.7. The molecule has 0 aromatic carbocycles. The van der Waals surface area contributed by atoms with Gasteiger partial charge in [0, 0.05) is 58.4 Å². The van der Waals surface area contributed by atoms with Gasteiger partial charge in [0.1, 0.15) is 0 Å². The Morgan fingerprint density at radius 1 is 0.500 bits per heavy atom. The zero-order valence-corrected chi connectivity index (χ0v) is 11.0. The van der Waals surface area contributed by atoms with Crippen LogP contribution in [0.2, 0.25) is 0 Å². The standard InChI is InChI=1S/2Al.2K.Na.3Zn.9H. The van der Waals surface area contributed by atoms with Gasteiger partial charge >= 0.3 is 132 Å². The van der Waals surface area contributed by atoms with Crippen LogP contribution >= 0.6 is 0 Å². The molecule has 0 radical (unpaired) electrons. The third-order valence-corrected chi connectivity index (χ3v) is 0. The average molecular weight is 360 g/mol.